The van der Waals surface area contributed by atoms with Crippen molar-refractivity contribution in [3.05, 3.63) is 0 Å². The van der Waals surface area contributed by atoms with E-state index in [9.17, 15) is 4.79 Å². The Balaban J connectivity index is 2.71. The minimum Gasteiger partial charge on any atom is -0.468 e. The quantitative estimate of drug-likeness (QED) is 0.703. The summed E-state index contributed by atoms with van der Waals surface area (Å²) in [6.07, 6.45) is 4.21. The molecule has 0 aromatic carbocycles. The van der Waals surface area contributed by atoms with Crippen LogP contribution >= 0.6 is 0 Å². The predicted molar refractivity (Wildman–Crippen MR) is 73.6 cm³/mol. The van der Waals surface area contributed by atoms with E-state index in [1.807, 2.05) is 0 Å². The van der Waals surface area contributed by atoms with Gasteiger partial charge < -0.3 is 15.0 Å². The molecule has 0 spiro atoms. The summed E-state index contributed by atoms with van der Waals surface area (Å²) in [5.41, 5.74) is -0.432. The van der Waals surface area contributed by atoms with Gasteiger partial charge in [0.05, 0.1) is 7.11 Å². The monoisotopic (exact) mass is 256 g/mol. The van der Waals surface area contributed by atoms with Crippen molar-refractivity contribution < 1.29 is 9.53 Å². The molecule has 2 unspecified atom stereocenters. The smallest absolute Gasteiger partial charge is 0.326 e. The van der Waals surface area contributed by atoms with Crippen LogP contribution in [0.15, 0.2) is 0 Å². The lowest BCUT2D eigenvalue weighted by Gasteiger charge is -2.34. The molecular weight excluding hydrogens is 228 g/mol. The zero-order valence-electron chi connectivity index (χ0n) is 12.3. The summed E-state index contributed by atoms with van der Waals surface area (Å²) < 4.78 is 5.04. The zero-order valence-corrected chi connectivity index (χ0v) is 12.3. The third-order valence-corrected chi connectivity index (χ3v) is 4.26. The minimum absolute atomic E-state index is 0.0778. The van der Waals surface area contributed by atoms with Gasteiger partial charge in [0.15, 0.2) is 0 Å². The van der Waals surface area contributed by atoms with Crippen molar-refractivity contribution in [2.45, 2.75) is 45.1 Å². The topological polar surface area (TPSA) is 41.6 Å². The molecule has 4 heteroatoms. The summed E-state index contributed by atoms with van der Waals surface area (Å²) in [4.78, 5) is 14.5. The Bertz CT molecular complexity index is 271. The molecule has 2 atom stereocenters. The summed E-state index contributed by atoms with van der Waals surface area (Å²) in [5.74, 6) is 0.324. The van der Waals surface area contributed by atoms with Gasteiger partial charge in [-0.05, 0) is 51.9 Å². The summed E-state index contributed by atoms with van der Waals surface area (Å²) in [6.45, 7) is 7.13. The first kappa shape index (κ1) is 15.4. The lowest BCUT2D eigenvalue weighted by atomic mass is 9.84. The number of likely N-dealkylation sites (N-methyl/N-ethyl adjacent to an activating group) is 1. The minimum atomic E-state index is -0.432. The van der Waals surface area contributed by atoms with Crippen molar-refractivity contribution >= 4 is 5.97 Å². The third kappa shape index (κ3) is 3.23. The molecule has 1 fully saturated rings. The first-order valence-corrected chi connectivity index (χ1v) is 7.12. The average Bonchev–Trinajstić information content (AvgIpc) is 2.79. The van der Waals surface area contributed by atoms with Gasteiger partial charge in [-0.15, -0.1) is 0 Å². The Morgan fingerprint density at radius 1 is 1.50 bits per heavy atom. The van der Waals surface area contributed by atoms with Gasteiger partial charge in [0.2, 0.25) is 0 Å². The van der Waals surface area contributed by atoms with Crippen molar-refractivity contribution in [1.82, 2.24) is 10.2 Å². The maximum Gasteiger partial charge on any atom is 0.326 e. The van der Waals surface area contributed by atoms with E-state index in [1.54, 1.807) is 0 Å². The van der Waals surface area contributed by atoms with Crippen LogP contribution in [0.2, 0.25) is 0 Å². The van der Waals surface area contributed by atoms with Crippen LogP contribution in [0.4, 0.5) is 0 Å². The standard InChI is InChI=1S/C14H28N2O2/c1-5-15-14(13(17)18-4)10-7-8-12(14)9-11-16(3)6-2/h12,15H,5-11H2,1-4H3. The van der Waals surface area contributed by atoms with Gasteiger partial charge >= 0.3 is 5.97 Å². The highest BCUT2D eigenvalue weighted by molar-refractivity contribution is 5.81. The molecule has 1 rings (SSSR count). The molecular formula is C14H28N2O2. The highest BCUT2D eigenvalue weighted by atomic mass is 16.5. The van der Waals surface area contributed by atoms with E-state index in [0.717, 1.165) is 45.3 Å². The largest absolute Gasteiger partial charge is 0.468 e. The van der Waals surface area contributed by atoms with Crippen LogP contribution in [0.1, 0.15) is 39.5 Å². The Morgan fingerprint density at radius 2 is 2.22 bits per heavy atom. The number of nitrogens with one attached hydrogen (secondary N) is 1. The second-order valence-corrected chi connectivity index (χ2v) is 5.27. The van der Waals surface area contributed by atoms with Gasteiger partial charge in [0.1, 0.15) is 5.54 Å². The van der Waals surface area contributed by atoms with E-state index >= 15 is 0 Å². The first-order valence-electron chi connectivity index (χ1n) is 7.12. The predicted octanol–water partition coefficient (Wildman–Crippen LogP) is 1.65. The van der Waals surface area contributed by atoms with Gasteiger partial charge in [0, 0.05) is 0 Å². The maximum atomic E-state index is 12.2. The van der Waals surface area contributed by atoms with E-state index < -0.39 is 5.54 Å². The molecule has 0 bridgehead atoms. The normalized spacial score (nSPS) is 27.7. The van der Waals surface area contributed by atoms with Crippen molar-refractivity contribution in [2.75, 3.05) is 33.8 Å². The van der Waals surface area contributed by atoms with Crippen molar-refractivity contribution in [1.29, 1.82) is 0 Å². The molecule has 0 aliphatic heterocycles. The number of hydrogen-bond acceptors (Lipinski definition) is 4. The molecule has 0 saturated heterocycles. The fourth-order valence-electron chi connectivity index (χ4n) is 3.07. The second kappa shape index (κ2) is 7.10. The Hall–Kier alpha value is -0.610. The van der Waals surface area contributed by atoms with Gasteiger partial charge in [-0.3, -0.25) is 4.79 Å². The highest BCUT2D eigenvalue weighted by Gasteiger charge is 2.48. The highest BCUT2D eigenvalue weighted by Crippen LogP contribution is 2.38. The average molecular weight is 256 g/mol. The van der Waals surface area contributed by atoms with Crippen molar-refractivity contribution in [3.8, 4) is 0 Å². The number of methoxy groups -OCH3 is 1. The third-order valence-electron chi connectivity index (χ3n) is 4.26. The van der Waals surface area contributed by atoms with Gasteiger partial charge in [-0.1, -0.05) is 20.3 Å². The summed E-state index contributed by atoms with van der Waals surface area (Å²) in [7, 11) is 3.62. The molecule has 0 amide bonds. The van der Waals surface area contributed by atoms with Crippen LogP contribution in [0.5, 0.6) is 0 Å². The van der Waals surface area contributed by atoms with Crippen LogP contribution in [-0.2, 0) is 9.53 Å². The lowest BCUT2D eigenvalue weighted by molar-refractivity contribution is -0.150. The fourth-order valence-corrected chi connectivity index (χ4v) is 3.07. The van der Waals surface area contributed by atoms with Gasteiger partial charge in [0.25, 0.3) is 0 Å². The summed E-state index contributed by atoms with van der Waals surface area (Å²) >= 11 is 0. The maximum absolute atomic E-state index is 12.2. The SMILES string of the molecule is CCNC1(C(=O)OC)CCCC1CCN(C)CC. The van der Waals surface area contributed by atoms with E-state index in [4.69, 9.17) is 4.74 Å². The zero-order chi connectivity index (χ0) is 13.6. The molecule has 0 aromatic rings. The Morgan fingerprint density at radius 3 is 2.78 bits per heavy atom. The van der Waals surface area contributed by atoms with Crippen molar-refractivity contribution in [3.63, 3.8) is 0 Å². The fraction of sp³-hybridized carbons (Fsp3) is 0.929. The van der Waals surface area contributed by atoms with E-state index in [-0.39, 0.29) is 5.97 Å². The first-order chi connectivity index (χ1) is 8.60. The van der Waals surface area contributed by atoms with Gasteiger partial charge in [-0.2, -0.15) is 0 Å². The van der Waals surface area contributed by atoms with E-state index in [2.05, 4.69) is 31.1 Å². The second-order valence-electron chi connectivity index (χ2n) is 5.27. The molecule has 1 aliphatic carbocycles. The number of carbonyl (C=O) groups is 1. The molecule has 106 valence electrons. The molecule has 1 saturated carbocycles. The molecule has 0 radical (unpaired) electrons. The van der Waals surface area contributed by atoms with Crippen LogP contribution in [0, 0.1) is 5.92 Å². The van der Waals surface area contributed by atoms with Gasteiger partial charge in [-0.25, -0.2) is 0 Å². The van der Waals surface area contributed by atoms with Crippen LogP contribution in [0.3, 0.4) is 0 Å². The molecule has 0 aromatic heterocycles. The Labute approximate surface area is 111 Å². The van der Waals surface area contributed by atoms with Crippen molar-refractivity contribution in [2.24, 2.45) is 5.92 Å². The van der Waals surface area contributed by atoms with Crippen LogP contribution in [0.25, 0.3) is 0 Å². The van der Waals surface area contributed by atoms with Crippen LogP contribution < -0.4 is 5.32 Å². The Kier molecular flexibility index (Phi) is 6.09. The number of hydrogen-bond donors (Lipinski definition) is 1. The molecule has 0 heterocycles. The number of nitrogens with zero attached hydrogens (tertiary/aromatic N) is 1. The lowest BCUT2D eigenvalue weighted by Crippen LogP contribution is -2.55. The van der Waals surface area contributed by atoms with E-state index in [1.165, 1.54) is 7.11 Å². The summed E-state index contributed by atoms with van der Waals surface area (Å²) in [5, 5.41) is 3.41. The number of carbonyl (C=O) groups excluding carboxylic acids is 1. The number of ether oxygens (including phenoxy) is 1. The van der Waals surface area contributed by atoms with E-state index in [0.29, 0.717) is 5.92 Å². The molecule has 4 nitrogen and oxygen atoms in total. The number of rotatable bonds is 7. The molecule has 18 heavy (non-hydrogen) atoms. The molecule has 1 aliphatic rings. The summed E-state index contributed by atoms with van der Waals surface area (Å²) in [6, 6.07) is 0. The van der Waals surface area contributed by atoms with Crippen LogP contribution in [-0.4, -0.2) is 50.2 Å². The molecule has 1 N–H and O–H groups in total. The number of esters is 1.